The molecule has 1 N–H and O–H groups in total. The summed E-state index contributed by atoms with van der Waals surface area (Å²) in [6.45, 7) is 6.76. The number of carbonyl (C=O) groups is 1. The molecule has 153 valence electrons. The van der Waals surface area contributed by atoms with Gasteiger partial charge in [-0.3, -0.25) is 9.69 Å². The third-order valence-electron chi connectivity index (χ3n) is 5.21. The Morgan fingerprint density at radius 1 is 1.22 bits per heavy atom. The van der Waals surface area contributed by atoms with Crippen LogP contribution in [0.25, 0.3) is 0 Å². The molecule has 1 radical (unpaired) electrons. The molecule has 1 rings (SSSR count). The molecule has 0 saturated carbocycles. The maximum Gasteiger partial charge on any atom is 0.152 e. The molecule has 1 saturated heterocycles. The second kappa shape index (κ2) is 17.1. The van der Waals surface area contributed by atoms with E-state index in [1.54, 1.807) is 12.3 Å². The van der Waals surface area contributed by atoms with Crippen molar-refractivity contribution in [3.63, 3.8) is 0 Å². The predicted molar refractivity (Wildman–Crippen MR) is 107 cm³/mol. The average molecular weight is 594 g/mol. The number of hydrogen-bond acceptors (Lipinski definition) is 5. The zero-order valence-electron chi connectivity index (χ0n) is 17.3. The Morgan fingerprint density at radius 3 is 2.44 bits per heavy atom. The Morgan fingerprint density at radius 2 is 1.81 bits per heavy atom. The van der Waals surface area contributed by atoms with E-state index in [4.69, 9.17) is 4.84 Å². The van der Waals surface area contributed by atoms with E-state index < -0.39 is 12.1 Å². The maximum atomic E-state index is 12.8. The summed E-state index contributed by atoms with van der Waals surface area (Å²) in [4.78, 5) is 19.9. The molecule has 1 aliphatic rings. The molecule has 1 heterocycles. The zero-order chi connectivity index (χ0) is 19.2. The van der Waals surface area contributed by atoms with Crippen molar-refractivity contribution in [1.82, 2.24) is 4.90 Å². The molecule has 1 fully saturated rings. The first-order valence-corrected chi connectivity index (χ1v) is 10.2. The van der Waals surface area contributed by atoms with E-state index in [1.807, 2.05) is 14.0 Å². The van der Waals surface area contributed by atoms with Crippen LogP contribution in [-0.4, -0.2) is 54.3 Å². The van der Waals surface area contributed by atoms with Gasteiger partial charge in [-0.1, -0.05) is 63.3 Å². The van der Waals surface area contributed by atoms with Crippen LogP contribution in [0.5, 0.6) is 0 Å². The van der Waals surface area contributed by atoms with Gasteiger partial charge in [0.05, 0.1) is 12.1 Å². The molecule has 0 aromatic heterocycles. The maximum absolute atomic E-state index is 12.8. The van der Waals surface area contributed by atoms with Gasteiger partial charge in [-0.15, -0.1) is 0 Å². The number of likely N-dealkylation sites (N-methyl/N-ethyl adjacent to an activating group) is 1. The fourth-order valence-corrected chi connectivity index (χ4v) is 3.51. The third kappa shape index (κ3) is 11.7. The van der Waals surface area contributed by atoms with Crippen LogP contribution >= 0.6 is 0 Å². The molecular formula is C21H38AcN2O3. The van der Waals surface area contributed by atoms with Crippen LogP contribution < -0.4 is 0 Å². The van der Waals surface area contributed by atoms with Gasteiger partial charge in [0.15, 0.2) is 5.78 Å². The number of oxime groups is 1. The van der Waals surface area contributed by atoms with E-state index in [0.29, 0.717) is 19.4 Å². The van der Waals surface area contributed by atoms with Gasteiger partial charge in [-0.05, 0) is 38.8 Å². The number of Topliss-reactive ketones (excluding diaryl/α,β-unsaturated/α-hetero) is 1. The van der Waals surface area contributed by atoms with Crippen molar-refractivity contribution in [3.05, 3.63) is 12.7 Å². The standard InChI is InChI=1S/C21H38N2O3.Ac/c1-4-17-26-22-15-14-18(2)21(25)20-19(24)13-11-9-7-5-6-8-10-12-16-23(20)3;/h4,15,18,20-21,25H,1,5-14,16-17H2,2-3H3;/b22-15+;/t18-,20-,21?;/m1./s1. The van der Waals surface area contributed by atoms with Crippen molar-refractivity contribution in [2.75, 3.05) is 20.2 Å². The number of rotatable bonds is 7. The smallest absolute Gasteiger partial charge is 0.152 e. The number of nitrogens with zero attached hydrogens (tertiary/aromatic N) is 2. The summed E-state index contributed by atoms with van der Waals surface area (Å²) in [6.07, 6.45) is 13.1. The van der Waals surface area contributed by atoms with Gasteiger partial charge >= 0.3 is 0 Å². The van der Waals surface area contributed by atoms with Crippen LogP contribution in [0.2, 0.25) is 0 Å². The normalized spacial score (nSPS) is 23.4. The molecule has 27 heavy (non-hydrogen) atoms. The molecular weight excluding hydrogens is 555 g/mol. The van der Waals surface area contributed by atoms with Crippen LogP contribution in [0, 0.1) is 50.0 Å². The van der Waals surface area contributed by atoms with Crippen LogP contribution in [0.3, 0.4) is 0 Å². The van der Waals surface area contributed by atoms with Crippen molar-refractivity contribution < 1.29 is 58.8 Å². The monoisotopic (exact) mass is 593 g/mol. The van der Waals surface area contributed by atoms with E-state index in [2.05, 4.69) is 16.6 Å². The first kappa shape index (κ1) is 27.2. The topological polar surface area (TPSA) is 62.1 Å². The molecule has 0 aromatic rings. The molecule has 6 heteroatoms. The Balaban J connectivity index is 0.00000676. The second-order valence-corrected chi connectivity index (χ2v) is 7.55. The van der Waals surface area contributed by atoms with Gasteiger partial charge in [-0.2, -0.15) is 0 Å². The van der Waals surface area contributed by atoms with E-state index >= 15 is 0 Å². The quantitative estimate of drug-likeness (QED) is 0.210. The Hall–Kier alpha value is 0.242. The molecule has 0 aromatic carbocycles. The summed E-state index contributed by atoms with van der Waals surface area (Å²) >= 11 is 0. The fraction of sp³-hybridized carbons (Fsp3) is 0.810. The summed E-state index contributed by atoms with van der Waals surface area (Å²) in [5.74, 6) is 0.115. The minimum absolute atomic E-state index is 0. The van der Waals surface area contributed by atoms with Gasteiger partial charge in [0.1, 0.15) is 6.61 Å². The molecule has 5 nitrogen and oxygen atoms in total. The predicted octanol–water partition coefficient (Wildman–Crippen LogP) is 3.96. The molecule has 0 spiro atoms. The SMILES string of the molecule is C=CCO/N=C/C[C@@H](C)C(O)[C@H]1C(=O)CCCCCCCCCCN1C.[Ac]. The van der Waals surface area contributed by atoms with Gasteiger partial charge in [0.25, 0.3) is 0 Å². The van der Waals surface area contributed by atoms with E-state index in [9.17, 15) is 9.90 Å². The summed E-state index contributed by atoms with van der Waals surface area (Å²) < 4.78 is 0. The van der Waals surface area contributed by atoms with Crippen molar-refractivity contribution in [3.8, 4) is 0 Å². The van der Waals surface area contributed by atoms with Crippen LogP contribution in [0.15, 0.2) is 17.8 Å². The summed E-state index contributed by atoms with van der Waals surface area (Å²) in [7, 11) is 1.97. The van der Waals surface area contributed by atoms with Gasteiger partial charge in [0, 0.05) is 56.7 Å². The number of aliphatic hydroxyl groups excluding tert-OH is 1. The number of aliphatic hydroxyl groups is 1. The Labute approximate surface area is 201 Å². The summed E-state index contributed by atoms with van der Waals surface area (Å²) in [5.41, 5.74) is 0. The second-order valence-electron chi connectivity index (χ2n) is 7.55. The first-order chi connectivity index (χ1) is 12.6. The van der Waals surface area contributed by atoms with Crippen molar-refractivity contribution in [2.45, 2.75) is 83.3 Å². The van der Waals surface area contributed by atoms with Crippen LogP contribution in [-0.2, 0) is 9.63 Å². The Bertz CT molecular complexity index is 432. The van der Waals surface area contributed by atoms with Crippen molar-refractivity contribution in [2.24, 2.45) is 11.1 Å². The molecule has 0 bridgehead atoms. The summed E-state index contributed by atoms with van der Waals surface area (Å²) in [5, 5.41) is 14.7. The minimum Gasteiger partial charge on any atom is -0.392 e. The van der Waals surface area contributed by atoms with Crippen LogP contribution in [0.4, 0.5) is 0 Å². The number of ketones is 1. The van der Waals surface area contributed by atoms with Gasteiger partial charge < -0.3 is 9.94 Å². The van der Waals surface area contributed by atoms with E-state index in [0.717, 1.165) is 25.8 Å². The molecule has 0 amide bonds. The van der Waals surface area contributed by atoms with Gasteiger partial charge in [-0.25, -0.2) is 0 Å². The van der Waals surface area contributed by atoms with Crippen molar-refractivity contribution >= 4 is 12.0 Å². The number of carbonyl (C=O) groups excluding carboxylic acids is 1. The molecule has 0 aliphatic carbocycles. The van der Waals surface area contributed by atoms with E-state index in [-0.39, 0.29) is 55.8 Å². The van der Waals surface area contributed by atoms with Crippen LogP contribution in [0.1, 0.15) is 71.1 Å². The summed E-state index contributed by atoms with van der Waals surface area (Å²) in [6, 6.07) is -0.423. The molecule has 1 aliphatic heterocycles. The molecule has 1 unspecified atom stereocenters. The zero-order valence-corrected chi connectivity index (χ0v) is 22.1. The fourth-order valence-electron chi connectivity index (χ4n) is 3.51. The minimum atomic E-state index is -0.691. The van der Waals surface area contributed by atoms with Gasteiger partial charge in [0.2, 0.25) is 0 Å². The van der Waals surface area contributed by atoms with E-state index in [1.165, 1.54) is 32.1 Å². The molecule has 3 atom stereocenters. The first-order valence-electron chi connectivity index (χ1n) is 10.2. The third-order valence-corrected chi connectivity index (χ3v) is 5.21. The van der Waals surface area contributed by atoms with Crippen molar-refractivity contribution in [1.29, 1.82) is 0 Å². The number of hydrogen-bond donors (Lipinski definition) is 1. The largest absolute Gasteiger partial charge is 0.392 e. The Kier molecular flexibility index (Phi) is 17.3. The average Bonchev–Trinajstić information content (AvgIpc) is 2.63.